The molecule has 2 fully saturated rings. The molecule has 1 aromatic rings. The molecule has 0 aromatic heterocycles. The van der Waals surface area contributed by atoms with Crippen molar-refractivity contribution in [2.75, 3.05) is 13.1 Å². The van der Waals surface area contributed by atoms with Crippen molar-refractivity contribution in [3.05, 3.63) is 48.0 Å². The molecule has 5 nitrogen and oxygen atoms in total. The maximum absolute atomic E-state index is 12.5. The number of likely N-dealkylation sites (tertiary alicyclic amines) is 1. The van der Waals surface area contributed by atoms with Gasteiger partial charge in [-0.1, -0.05) is 42.5 Å². The zero-order valence-corrected chi connectivity index (χ0v) is 13.4. The van der Waals surface area contributed by atoms with Gasteiger partial charge < -0.3 is 5.32 Å². The van der Waals surface area contributed by atoms with Crippen LogP contribution in [0.25, 0.3) is 0 Å². The lowest BCUT2D eigenvalue weighted by Crippen LogP contribution is -2.42. The van der Waals surface area contributed by atoms with Crippen LogP contribution < -0.4 is 5.32 Å². The first-order valence-electron chi connectivity index (χ1n) is 8.49. The van der Waals surface area contributed by atoms with Crippen LogP contribution >= 0.6 is 0 Å². The number of hydrogen-bond acceptors (Lipinski definition) is 3. The van der Waals surface area contributed by atoms with E-state index >= 15 is 0 Å². The van der Waals surface area contributed by atoms with Crippen molar-refractivity contribution in [3.63, 3.8) is 0 Å². The second-order valence-electron chi connectivity index (χ2n) is 6.85. The minimum atomic E-state index is -0.270. The first kappa shape index (κ1) is 15.1. The molecular formula is C19H20N2O3. The second kappa shape index (κ2) is 5.89. The molecule has 2 bridgehead atoms. The summed E-state index contributed by atoms with van der Waals surface area (Å²) in [6.45, 7) is 0.345. The summed E-state index contributed by atoms with van der Waals surface area (Å²) in [5.41, 5.74) is 1.14. The smallest absolute Gasteiger partial charge is 0.240 e. The Bertz CT molecular complexity index is 683. The molecule has 124 valence electrons. The van der Waals surface area contributed by atoms with Crippen LogP contribution in [0.3, 0.4) is 0 Å². The lowest BCUT2D eigenvalue weighted by molar-refractivity contribution is -0.144. The Morgan fingerprint density at radius 1 is 1.04 bits per heavy atom. The van der Waals surface area contributed by atoms with Gasteiger partial charge in [-0.25, -0.2) is 0 Å². The molecule has 4 rings (SSSR count). The number of nitrogens with zero attached hydrogens (tertiary/aromatic N) is 1. The molecule has 1 saturated heterocycles. The molecule has 3 aliphatic rings. The first-order valence-corrected chi connectivity index (χ1v) is 8.49. The van der Waals surface area contributed by atoms with Crippen LogP contribution in [0.1, 0.15) is 12.0 Å². The topological polar surface area (TPSA) is 66.5 Å². The number of amides is 3. The van der Waals surface area contributed by atoms with E-state index in [1.807, 2.05) is 30.3 Å². The van der Waals surface area contributed by atoms with E-state index in [0.29, 0.717) is 6.54 Å². The fourth-order valence-corrected chi connectivity index (χ4v) is 4.31. The molecule has 0 spiro atoms. The van der Waals surface area contributed by atoms with Gasteiger partial charge in [0, 0.05) is 6.54 Å². The third-order valence-corrected chi connectivity index (χ3v) is 5.44. The minimum absolute atomic E-state index is 0.154. The van der Waals surface area contributed by atoms with Crippen molar-refractivity contribution in [1.82, 2.24) is 10.2 Å². The average molecular weight is 324 g/mol. The van der Waals surface area contributed by atoms with Gasteiger partial charge in [-0.15, -0.1) is 0 Å². The van der Waals surface area contributed by atoms with E-state index in [0.717, 1.165) is 18.4 Å². The molecular weight excluding hydrogens is 304 g/mol. The van der Waals surface area contributed by atoms with Crippen LogP contribution in [0.15, 0.2) is 42.5 Å². The van der Waals surface area contributed by atoms with Gasteiger partial charge in [0.25, 0.3) is 0 Å². The van der Waals surface area contributed by atoms with Crippen molar-refractivity contribution in [3.8, 4) is 0 Å². The van der Waals surface area contributed by atoms with Crippen LogP contribution in [0.5, 0.6) is 0 Å². The summed E-state index contributed by atoms with van der Waals surface area (Å²) in [6, 6.07) is 9.87. The molecule has 24 heavy (non-hydrogen) atoms. The third-order valence-electron chi connectivity index (χ3n) is 5.44. The van der Waals surface area contributed by atoms with Gasteiger partial charge in [-0.3, -0.25) is 19.3 Å². The summed E-state index contributed by atoms with van der Waals surface area (Å²) < 4.78 is 0. The number of benzene rings is 1. The van der Waals surface area contributed by atoms with Crippen LogP contribution in [0.2, 0.25) is 0 Å². The fraction of sp³-hybridized carbons (Fsp3) is 0.421. The van der Waals surface area contributed by atoms with Gasteiger partial charge >= 0.3 is 0 Å². The quantitative estimate of drug-likeness (QED) is 0.653. The van der Waals surface area contributed by atoms with E-state index in [1.165, 1.54) is 4.90 Å². The maximum atomic E-state index is 12.5. The number of rotatable bonds is 5. The second-order valence-corrected chi connectivity index (χ2v) is 6.85. The summed E-state index contributed by atoms with van der Waals surface area (Å²) in [4.78, 5) is 38.3. The summed E-state index contributed by atoms with van der Waals surface area (Å²) in [5, 5.41) is 2.80. The van der Waals surface area contributed by atoms with Crippen LogP contribution in [0, 0.1) is 23.7 Å². The van der Waals surface area contributed by atoms with Crippen molar-refractivity contribution in [2.45, 2.75) is 12.8 Å². The number of nitrogens with one attached hydrogen (secondary N) is 1. The highest BCUT2D eigenvalue weighted by Crippen LogP contribution is 2.52. The Labute approximate surface area is 140 Å². The van der Waals surface area contributed by atoms with E-state index < -0.39 is 0 Å². The Morgan fingerprint density at radius 3 is 2.29 bits per heavy atom. The van der Waals surface area contributed by atoms with E-state index in [2.05, 4.69) is 17.5 Å². The van der Waals surface area contributed by atoms with E-state index in [-0.39, 0.29) is 47.9 Å². The molecule has 0 radical (unpaired) electrons. The number of carbonyl (C=O) groups is 3. The Balaban J connectivity index is 1.32. The molecule has 5 heteroatoms. The summed E-state index contributed by atoms with van der Waals surface area (Å²) in [5.74, 6) is -0.701. The van der Waals surface area contributed by atoms with Gasteiger partial charge in [0.15, 0.2) is 0 Å². The molecule has 1 N–H and O–H groups in total. The Morgan fingerprint density at radius 2 is 1.67 bits per heavy atom. The molecule has 3 amide bonds. The number of hydrogen-bond donors (Lipinski definition) is 1. The van der Waals surface area contributed by atoms with Crippen LogP contribution in [-0.2, 0) is 20.8 Å². The lowest BCUT2D eigenvalue weighted by atomic mass is 9.85. The molecule has 4 atom stereocenters. The Hall–Kier alpha value is -2.43. The zero-order chi connectivity index (χ0) is 16.7. The van der Waals surface area contributed by atoms with Gasteiger partial charge in [0.1, 0.15) is 6.54 Å². The highest BCUT2D eigenvalue weighted by atomic mass is 16.2. The largest absolute Gasteiger partial charge is 0.354 e. The van der Waals surface area contributed by atoms with E-state index in [1.54, 1.807) is 0 Å². The highest BCUT2D eigenvalue weighted by Gasteiger charge is 2.59. The fourth-order valence-electron chi connectivity index (χ4n) is 4.31. The highest BCUT2D eigenvalue weighted by molar-refractivity contribution is 6.08. The summed E-state index contributed by atoms with van der Waals surface area (Å²) in [7, 11) is 0. The van der Waals surface area contributed by atoms with Gasteiger partial charge in [0.05, 0.1) is 11.8 Å². The number of carbonyl (C=O) groups excluding carboxylic acids is 3. The van der Waals surface area contributed by atoms with Crippen molar-refractivity contribution in [1.29, 1.82) is 0 Å². The van der Waals surface area contributed by atoms with Crippen LogP contribution in [-0.4, -0.2) is 35.7 Å². The van der Waals surface area contributed by atoms with E-state index in [4.69, 9.17) is 0 Å². The van der Waals surface area contributed by atoms with Crippen molar-refractivity contribution >= 4 is 17.7 Å². The monoisotopic (exact) mass is 324 g/mol. The third kappa shape index (κ3) is 2.44. The Kier molecular flexibility index (Phi) is 3.71. The van der Waals surface area contributed by atoms with Gasteiger partial charge in [-0.05, 0) is 30.2 Å². The van der Waals surface area contributed by atoms with E-state index in [9.17, 15) is 14.4 Å². The minimum Gasteiger partial charge on any atom is -0.354 e. The normalized spacial score (nSPS) is 30.1. The molecule has 0 unspecified atom stereocenters. The summed E-state index contributed by atoms with van der Waals surface area (Å²) >= 11 is 0. The molecule has 1 saturated carbocycles. The maximum Gasteiger partial charge on any atom is 0.240 e. The average Bonchev–Trinajstić information content (AvgIpc) is 3.26. The molecule has 1 aromatic carbocycles. The molecule has 1 heterocycles. The van der Waals surface area contributed by atoms with Crippen LogP contribution in [0.4, 0.5) is 0 Å². The summed E-state index contributed by atoms with van der Waals surface area (Å²) in [6.07, 6.45) is 5.75. The SMILES string of the molecule is O=C(CN1C(=O)[C@H]2[C@H](C1=O)[C@H]1C=C[C@H]2C1)NCCc1ccccc1. The number of allylic oxidation sites excluding steroid dienone is 2. The number of imide groups is 1. The standard InChI is InChI=1S/C19H20N2O3/c22-15(20-9-8-12-4-2-1-3-5-12)11-21-18(23)16-13-6-7-14(10-13)17(16)19(21)24/h1-7,13-14,16-17H,8-11H2,(H,20,22)/t13-,14-,16+,17+/m0/s1. The molecule has 2 aliphatic carbocycles. The van der Waals surface area contributed by atoms with Crippen molar-refractivity contribution in [2.24, 2.45) is 23.7 Å². The predicted octanol–water partition coefficient (Wildman–Crippen LogP) is 1.15. The zero-order valence-electron chi connectivity index (χ0n) is 13.4. The lowest BCUT2D eigenvalue weighted by Gasteiger charge is -2.16. The first-order chi connectivity index (χ1) is 11.6. The van der Waals surface area contributed by atoms with Crippen molar-refractivity contribution < 1.29 is 14.4 Å². The molecule has 1 aliphatic heterocycles. The van der Waals surface area contributed by atoms with Gasteiger partial charge in [-0.2, -0.15) is 0 Å². The van der Waals surface area contributed by atoms with Gasteiger partial charge in [0.2, 0.25) is 17.7 Å². The predicted molar refractivity (Wildman–Crippen MR) is 87.6 cm³/mol. The number of fused-ring (bicyclic) bond motifs is 5.